The van der Waals surface area contributed by atoms with Crippen LogP contribution in [0.4, 0.5) is 0 Å². The van der Waals surface area contributed by atoms with Crippen LogP contribution in [0.15, 0.2) is 17.6 Å². The first-order valence-corrected chi connectivity index (χ1v) is 6.52. The lowest BCUT2D eigenvalue weighted by atomic mass is 10.0. The summed E-state index contributed by atoms with van der Waals surface area (Å²) in [5.41, 5.74) is 4.99. The molecule has 0 bridgehead atoms. The Morgan fingerprint density at radius 1 is 1.71 bits per heavy atom. The Balaban J connectivity index is 2.40. The Bertz CT molecular complexity index is 377. The summed E-state index contributed by atoms with van der Waals surface area (Å²) in [6, 6.07) is 0. The van der Waals surface area contributed by atoms with Crippen LogP contribution in [0.5, 0.6) is 0 Å². The molecule has 1 heterocycles. The van der Waals surface area contributed by atoms with Crippen LogP contribution in [0.2, 0.25) is 0 Å². The fourth-order valence-corrected chi connectivity index (χ4v) is 2.35. The van der Waals surface area contributed by atoms with Crippen LogP contribution >= 0.6 is 11.8 Å². The molecule has 5 nitrogen and oxygen atoms in total. The lowest BCUT2D eigenvalue weighted by Gasteiger charge is -2.21. The molecule has 2 N–H and O–H groups in total. The summed E-state index contributed by atoms with van der Waals surface area (Å²) < 4.78 is 6.86. The van der Waals surface area contributed by atoms with Crippen molar-refractivity contribution in [3.63, 3.8) is 0 Å². The van der Waals surface area contributed by atoms with Gasteiger partial charge >= 0.3 is 5.97 Å². The van der Waals surface area contributed by atoms with Crippen LogP contribution < -0.4 is 5.73 Å². The second-order valence-electron chi connectivity index (χ2n) is 4.06. The smallest absolute Gasteiger partial charge is 0.325 e. The third-order valence-corrected chi connectivity index (χ3v) is 3.43. The fraction of sp³-hybridized carbons (Fsp3) is 0.636. The van der Waals surface area contributed by atoms with Gasteiger partial charge in [0, 0.05) is 25.2 Å². The van der Waals surface area contributed by atoms with E-state index in [1.165, 1.54) is 0 Å². The van der Waals surface area contributed by atoms with Crippen LogP contribution in [0.3, 0.4) is 0 Å². The van der Waals surface area contributed by atoms with Gasteiger partial charge in [-0.15, -0.1) is 0 Å². The lowest BCUT2D eigenvalue weighted by Crippen LogP contribution is -2.46. The summed E-state index contributed by atoms with van der Waals surface area (Å²) in [6.07, 6.45) is 4.19. The summed E-state index contributed by atoms with van der Waals surface area (Å²) in [6.45, 7) is 3.83. The van der Waals surface area contributed by atoms with Crippen molar-refractivity contribution >= 4 is 17.7 Å². The zero-order valence-corrected chi connectivity index (χ0v) is 11.3. The van der Waals surface area contributed by atoms with Crippen LogP contribution in [-0.2, 0) is 16.6 Å². The number of carbonyl (C=O) groups is 1. The van der Waals surface area contributed by atoms with Crippen molar-refractivity contribution in [1.82, 2.24) is 9.55 Å². The molecule has 6 heteroatoms. The average molecular weight is 257 g/mol. The number of thioether (sulfide) groups is 1. The molecule has 0 aromatic carbocycles. The van der Waals surface area contributed by atoms with Crippen molar-refractivity contribution in [2.75, 3.05) is 12.4 Å². The molecule has 1 atom stereocenters. The van der Waals surface area contributed by atoms with Crippen LogP contribution in [-0.4, -0.2) is 33.4 Å². The van der Waals surface area contributed by atoms with E-state index < -0.39 is 5.54 Å². The van der Waals surface area contributed by atoms with Crippen molar-refractivity contribution in [3.05, 3.63) is 12.4 Å². The first-order chi connectivity index (χ1) is 7.97. The molecule has 0 fully saturated rings. The van der Waals surface area contributed by atoms with Gasteiger partial charge in [-0.1, -0.05) is 11.8 Å². The third kappa shape index (κ3) is 4.05. The Labute approximate surface area is 106 Å². The molecule has 1 rings (SSSR count). The van der Waals surface area contributed by atoms with Crippen molar-refractivity contribution in [2.45, 2.75) is 31.0 Å². The van der Waals surface area contributed by atoms with Crippen LogP contribution in [0, 0.1) is 0 Å². The lowest BCUT2D eigenvalue weighted by molar-refractivity contribution is -0.149. The number of rotatable bonds is 6. The van der Waals surface area contributed by atoms with E-state index in [1.54, 1.807) is 31.8 Å². The minimum atomic E-state index is -0.922. The van der Waals surface area contributed by atoms with Gasteiger partial charge in [0.1, 0.15) is 5.54 Å². The predicted molar refractivity (Wildman–Crippen MR) is 67.8 cm³/mol. The van der Waals surface area contributed by atoms with Gasteiger partial charge in [0.15, 0.2) is 5.16 Å². The summed E-state index contributed by atoms with van der Waals surface area (Å²) >= 11 is 1.58. The predicted octanol–water partition coefficient (Wildman–Crippen LogP) is 1.18. The molecule has 0 aliphatic carbocycles. The van der Waals surface area contributed by atoms with E-state index >= 15 is 0 Å². The number of hydrogen-bond acceptors (Lipinski definition) is 5. The molecule has 1 aromatic heterocycles. The summed E-state index contributed by atoms with van der Waals surface area (Å²) in [4.78, 5) is 15.7. The molecule has 17 heavy (non-hydrogen) atoms. The summed E-state index contributed by atoms with van der Waals surface area (Å²) in [7, 11) is 1.93. The Hall–Kier alpha value is -1.01. The van der Waals surface area contributed by atoms with E-state index in [4.69, 9.17) is 10.5 Å². The monoisotopic (exact) mass is 257 g/mol. The first-order valence-electron chi connectivity index (χ1n) is 5.53. The highest BCUT2D eigenvalue weighted by Gasteiger charge is 2.29. The molecule has 0 radical (unpaired) electrons. The number of esters is 1. The van der Waals surface area contributed by atoms with Gasteiger partial charge in [-0.3, -0.25) is 4.79 Å². The molecule has 0 amide bonds. The zero-order valence-electron chi connectivity index (χ0n) is 10.5. The van der Waals surface area contributed by atoms with E-state index in [0.717, 1.165) is 10.9 Å². The third-order valence-electron chi connectivity index (χ3n) is 2.37. The van der Waals surface area contributed by atoms with E-state index in [2.05, 4.69) is 4.98 Å². The average Bonchev–Trinajstić information content (AvgIpc) is 2.65. The number of aryl methyl sites for hydroxylation is 1. The van der Waals surface area contributed by atoms with E-state index in [0.29, 0.717) is 13.0 Å². The highest BCUT2D eigenvalue weighted by molar-refractivity contribution is 7.99. The van der Waals surface area contributed by atoms with Crippen molar-refractivity contribution in [2.24, 2.45) is 12.8 Å². The Morgan fingerprint density at radius 2 is 2.41 bits per heavy atom. The maximum atomic E-state index is 11.5. The molecular formula is C11H19N3O2S. The Kier molecular flexibility index (Phi) is 5.02. The van der Waals surface area contributed by atoms with Gasteiger partial charge in [-0.25, -0.2) is 4.98 Å². The maximum absolute atomic E-state index is 11.5. The quantitative estimate of drug-likeness (QED) is 0.612. The fourth-order valence-electron chi connectivity index (χ4n) is 1.24. The number of nitrogens with two attached hydrogens (primary N) is 1. The van der Waals surface area contributed by atoms with E-state index in [1.807, 2.05) is 17.8 Å². The molecule has 96 valence electrons. The zero-order chi connectivity index (χ0) is 12.9. The topological polar surface area (TPSA) is 70.1 Å². The minimum absolute atomic E-state index is 0.347. The SMILES string of the molecule is CCOC(=O)C(C)(N)CCSc1nccn1C. The minimum Gasteiger partial charge on any atom is -0.465 e. The number of ether oxygens (including phenoxy) is 1. The molecule has 0 saturated heterocycles. The molecule has 0 saturated carbocycles. The van der Waals surface area contributed by atoms with E-state index in [-0.39, 0.29) is 5.97 Å². The second kappa shape index (κ2) is 6.07. The largest absolute Gasteiger partial charge is 0.465 e. The normalized spacial score (nSPS) is 14.4. The van der Waals surface area contributed by atoms with Gasteiger partial charge in [0.25, 0.3) is 0 Å². The molecule has 0 aliphatic rings. The van der Waals surface area contributed by atoms with E-state index in [9.17, 15) is 4.79 Å². The molecule has 1 unspecified atom stereocenters. The van der Waals surface area contributed by atoms with Gasteiger partial charge in [0.05, 0.1) is 6.61 Å². The van der Waals surface area contributed by atoms with Gasteiger partial charge in [-0.2, -0.15) is 0 Å². The molecular weight excluding hydrogens is 238 g/mol. The maximum Gasteiger partial charge on any atom is 0.325 e. The van der Waals surface area contributed by atoms with Crippen molar-refractivity contribution in [3.8, 4) is 0 Å². The van der Waals surface area contributed by atoms with Crippen molar-refractivity contribution < 1.29 is 9.53 Å². The summed E-state index contributed by atoms with van der Waals surface area (Å²) in [5, 5.41) is 0.921. The first kappa shape index (κ1) is 14.1. The molecule has 1 aromatic rings. The molecule has 0 aliphatic heterocycles. The van der Waals surface area contributed by atoms with Crippen molar-refractivity contribution in [1.29, 1.82) is 0 Å². The van der Waals surface area contributed by atoms with Gasteiger partial charge < -0.3 is 15.0 Å². The molecule has 0 spiro atoms. The van der Waals surface area contributed by atoms with Crippen LogP contribution in [0.25, 0.3) is 0 Å². The van der Waals surface area contributed by atoms with Gasteiger partial charge in [-0.05, 0) is 20.3 Å². The summed E-state index contributed by atoms with van der Waals surface area (Å²) in [5.74, 6) is 0.386. The Morgan fingerprint density at radius 3 is 2.94 bits per heavy atom. The van der Waals surface area contributed by atoms with Gasteiger partial charge in [0.2, 0.25) is 0 Å². The number of imidazole rings is 1. The highest BCUT2D eigenvalue weighted by atomic mass is 32.2. The number of nitrogens with zero attached hydrogens (tertiary/aromatic N) is 2. The standard InChI is InChI=1S/C11H19N3O2S/c1-4-16-9(15)11(2,12)5-8-17-10-13-6-7-14(10)3/h6-7H,4-5,8,12H2,1-3H3. The number of carbonyl (C=O) groups excluding carboxylic acids is 1. The highest BCUT2D eigenvalue weighted by Crippen LogP contribution is 2.19. The number of aromatic nitrogens is 2. The number of hydrogen-bond donors (Lipinski definition) is 1. The van der Waals surface area contributed by atoms with Crippen LogP contribution in [0.1, 0.15) is 20.3 Å². The second-order valence-corrected chi connectivity index (χ2v) is 5.12.